The van der Waals surface area contributed by atoms with Crippen LogP contribution in [0, 0.1) is 0 Å². The zero-order chi connectivity index (χ0) is 12.8. The molecule has 5 heteroatoms. The van der Waals surface area contributed by atoms with Crippen LogP contribution in [0.3, 0.4) is 0 Å². The summed E-state index contributed by atoms with van der Waals surface area (Å²) in [5.41, 5.74) is 0.729. The van der Waals surface area contributed by atoms with Crippen molar-refractivity contribution in [3.63, 3.8) is 0 Å². The number of rotatable bonds is 5. The van der Waals surface area contributed by atoms with E-state index in [1.807, 2.05) is 0 Å². The number of hydrogen-bond donors (Lipinski definition) is 2. The van der Waals surface area contributed by atoms with Gasteiger partial charge in [0.15, 0.2) is 0 Å². The van der Waals surface area contributed by atoms with Crippen LogP contribution in [0.15, 0.2) is 24.3 Å². The van der Waals surface area contributed by atoms with E-state index in [0.717, 1.165) is 18.7 Å². The van der Waals surface area contributed by atoms with Crippen LogP contribution in [0.4, 0.5) is 5.69 Å². The lowest BCUT2D eigenvalue weighted by atomic mass is 10.2. The normalized spacial score (nSPS) is 18.8. The smallest absolute Gasteiger partial charge is 0.250 e. The molecule has 1 aliphatic rings. The molecule has 1 aliphatic heterocycles. The third kappa shape index (κ3) is 4.29. The Balaban J connectivity index is 1.66. The molecule has 0 radical (unpaired) electrons. The second kappa shape index (κ2) is 6.73. The van der Waals surface area contributed by atoms with Gasteiger partial charge in [-0.25, -0.2) is 0 Å². The molecule has 4 nitrogen and oxygen atoms in total. The Labute approximate surface area is 112 Å². The third-order valence-corrected chi connectivity index (χ3v) is 3.09. The van der Waals surface area contributed by atoms with Gasteiger partial charge in [-0.15, -0.1) is 0 Å². The Hall–Kier alpha value is -1.10. The van der Waals surface area contributed by atoms with Crippen LogP contribution in [0.5, 0.6) is 0 Å². The molecule has 1 heterocycles. The summed E-state index contributed by atoms with van der Waals surface area (Å²) in [6.45, 7) is 1.72. The maximum atomic E-state index is 11.6. The highest BCUT2D eigenvalue weighted by molar-refractivity contribution is 6.30. The molecule has 0 spiro atoms. The van der Waals surface area contributed by atoms with E-state index in [1.54, 1.807) is 24.3 Å². The van der Waals surface area contributed by atoms with E-state index in [0.29, 0.717) is 17.7 Å². The van der Waals surface area contributed by atoms with Crippen molar-refractivity contribution < 1.29 is 9.53 Å². The number of anilines is 1. The lowest BCUT2D eigenvalue weighted by molar-refractivity contribution is -0.120. The van der Waals surface area contributed by atoms with Gasteiger partial charge in [-0.3, -0.25) is 4.79 Å². The molecule has 18 heavy (non-hydrogen) atoms. The average Bonchev–Trinajstić information content (AvgIpc) is 2.85. The summed E-state index contributed by atoms with van der Waals surface area (Å²) in [6, 6.07) is 7.40. The molecule has 0 aromatic heterocycles. The lowest BCUT2D eigenvalue weighted by Gasteiger charge is -2.10. The highest BCUT2D eigenvalue weighted by Gasteiger charge is 2.14. The van der Waals surface area contributed by atoms with Crippen LogP contribution in [-0.2, 0) is 9.53 Å². The van der Waals surface area contributed by atoms with Crippen LogP contribution >= 0.6 is 11.6 Å². The zero-order valence-electron chi connectivity index (χ0n) is 10.1. The minimum atomic E-state index is -0.143. The van der Waals surface area contributed by atoms with Gasteiger partial charge in [0.2, 0.25) is 5.91 Å². The molecule has 0 unspecified atom stereocenters. The molecule has 0 aliphatic carbocycles. The Bertz CT molecular complexity index is 388. The average molecular weight is 269 g/mol. The molecule has 1 aromatic rings. The summed E-state index contributed by atoms with van der Waals surface area (Å²) >= 11 is 5.76. The van der Waals surface area contributed by atoms with E-state index >= 15 is 0 Å². The van der Waals surface area contributed by atoms with Crippen LogP contribution in [0.25, 0.3) is 0 Å². The quantitative estimate of drug-likeness (QED) is 0.859. The monoisotopic (exact) mass is 268 g/mol. The highest BCUT2D eigenvalue weighted by Crippen LogP contribution is 2.13. The van der Waals surface area contributed by atoms with Crippen molar-refractivity contribution in [3.05, 3.63) is 29.3 Å². The molecule has 1 atom stereocenters. The summed E-state index contributed by atoms with van der Waals surface area (Å²) in [5.74, 6) is -0.143. The van der Waals surface area contributed by atoms with Gasteiger partial charge in [0.1, 0.15) is 6.61 Å². The fraction of sp³-hybridized carbons (Fsp3) is 0.462. The molecule has 1 fully saturated rings. The summed E-state index contributed by atoms with van der Waals surface area (Å²) in [4.78, 5) is 11.6. The molecule has 2 rings (SSSR count). The predicted molar refractivity (Wildman–Crippen MR) is 71.9 cm³/mol. The van der Waals surface area contributed by atoms with Crippen LogP contribution < -0.4 is 10.6 Å². The van der Waals surface area contributed by atoms with Gasteiger partial charge < -0.3 is 15.4 Å². The number of carbonyl (C=O) groups excluding carboxylic acids is 1. The second-order valence-corrected chi connectivity index (χ2v) is 4.80. The Morgan fingerprint density at radius 1 is 1.44 bits per heavy atom. The largest absolute Gasteiger partial charge is 0.370 e. The zero-order valence-corrected chi connectivity index (χ0v) is 10.9. The van der Waals surface area contributed by atoms with Crippen molar-refractivity contribution >= 4 is 23.2 Å². The van der Waals surface area contributed by atoms with Gasteiger partial charge in [-0.2, -0.15) is 0 Å². The first kappa shape index (κ1) is 13.3. The van der Waals surface area contributed by atoms with Crippen molar-refractivity contribution in [1.29, 1.82) is 0 Å². The summed E-state index contributed by atoms with van der Waals surface area (Å²) in [7, 11) is 0. The molecule has 0 saturated carbocycles. The molecular formula is C13H17ClN2O2. The number of halogens is 1. The van der Waals surface area contributed by atoms with Gasteiger partial charge in [0.25, 0.3) is 0 Å². The first-order valence-corrected chi connectivity index (χ1v) is 6.48. The minimum Gasteiger partial charge on any atom is -0.370 e. The number of ether oxygens (including phenoxy) is 1. The molecule has 1 amide bonds. The second-order valence-electron chi connectivity index (χ2n) is 4.36. The Morgan fingerprint density at radius 2 is 2.22 bits per heavy atom. The number of hydrogen-bond acceptors (Lipinski definition) is 3. The number of carbonyl (C=O) groups is 1. The first-order valence-electron chi connectivity index (χ1n) is 6.10. The third-order valence-electron chi connectivity index (χ3n) is 2.84. The molecule has 98 valence electrons. The van der Waals surface area contributed by atoms with E-state index in [9.17, 15) is 4.79 Å². The number of amides is 1. The summed E-state index contributed by atoms with van der Waals surface area (Å²) in [6.07, 6.45) is 2.31. The molecule has 0 bridgehead atoms. The van der Waals surface area contributed by atoms with Gasteiger partial charge in [0, 0.05) is 16.8 Å². The molecule has 2 N–H and O–H groups in total. The SMILES string of the molecule is O=C(COC[C@@H]1CCCN1)Nc1ccc(Cl)cc1. The Morgan fingerprint density at radius 3 is 2.89 bits per heavy atom. The van der Waals surface area contributed by atoms with E-state index in [1.165, 1.54) is 6.42 Å². The van der Waals surface area contributed by atoms with Crippen molar-refractivity contribution in [2.75, 3.05) is 25.1 Å². The highest BCUT2D eigenvalue weighted by atomic mass is 35.5. The fourth-order valence-electron chi connectivity index (χ4n) is 1.92. The van der Waals surface area contributed by atoms with Crippen LogP contribution in [0.1, 0.15) is 12.8 Å². The van der Waals surface area contributed by atoms with Gasteiger partial charge in [-0.1, -0.05) is 11.6 Å². The number of nitrogens with one attached hydrogen (secondary N) is 2. The molecule has 1 saturated heterocycles. The van der Waals surface area contributed by atoms with E-state index in [4.69, 9.17) is 16.3 Å². The van der Waals surface area contributed by atoms with E-state index in [2.05, 4.69) is 10.6 Å². The minimum absolute atomic E-state index is 0.0841. The van der Waals surface area contributed by atoms with Gasteiger partial charge in [-0.05, 0) is 43.7 Å². The van der Waals surface area contributed by atoms with Crippen molar-refractivity contribution in [2.24, 2.45) is 0 Å². The molecular weight excluding hydrogens is 252 g/mol. The topological polar surface area (TPSA) is 50.4 Å². The summed E-state index contributed by atoms with van der Waals surface area (Å²) < 4.78 is 5.37. The predicted octanol–water partition coefficient (Wildman–Crippen LogP) is 2.05. The van der Waals surface area contributed by atoms with Crippen LogP contribution in [-0.4, -0.2) is 31.7 Å². The van der Waals surface area contributed by atoms with Crippen molar-refractivity contribution in [2.45, 2.75) is 18.9 Å². The standard InChI is InChI=1S/C13H17ClN2O2/c14-10-3-5-11(6-4-10)16-13(17)9-18-8-12-2-1-7-15-12/h3-6,12,15H,1-2,7-9H2,(H,16,17)/t12-/m0/s1. The number of benzene rings is 1. The maximum absolute atomic E-state index is 11.6. The van der Waals surface area contributed by atoms with E-state index < -0.39 is 0 Å². The summed E-state index contributed by atoms with van der Waals surface area (Å²) in [5, 5.41) is 6.72. The van der Waals surface area contributed by atoms with Crippen molar-refractivity contribution in [1.82, 2.24) is 5.32 Å². The van der Waals surface area contributed by atoms with Crippen molar-refractivity contribution in [3.8, 4) is 0 Å². The van der Waals surface area contributed by atoms with Gasteiger partial charge >= 0.3 is 0 Å². The van der Waals surface area contributed by atoms with Crippen LogP contribution in [0.2, 0.25) is 5.02 Å². The maximum Gasteiger partial charge on any atom is 0.250 e. The lowest BCUT2D eigenvalue weighted by Crippen LogP contribution is -2.29. The fourth-order valence-corrected chi connectivity index (χ4v) is 2.05. The first-order chi connectivity index (χ1) is 8.74. The Kier molecular flexibility index (Phi) is 4.99. The van der Waals surface area contributed by atoms with E-state index in [-0.39, 0.29) is 12.5 Å². The van der Waals surface area contributed by atoms with Gasteiger partial charge in [0.05, 0.1) is 6.61 Å². The molecule has 1 aromatic carbocycles.